The molecule has 1 unspecified atom stereocenters. The highest BCUT2D eigenvalue weighted by molar-refractivity contribution is 5.75. The van der Waals surface area contributed by atoms with Crippen molar-refractivity contribution >= 4 is 11.7 Å². The fourth-order valence-corrected chi connectivity index (χ4v) is 3.17. The highest BCUT2D eigenvalue weighted by Crippen LogP contribution is 2.22. The van der Waals surface area contributed by atoms with Crippen molar-refractivity contribution in [1.82, 2.24) is 25.4 Å². The first kappa shape index (κ1) is 17.4. The van der Waals surface area contributed by atoms with Crippen LogP contribution in [0.5, 0.6) is 0 Å². The molecule has 1 atom stereocenters. The van der Waals surface area contributed by atoms with E-state index in [2.05, 4.69) is 26.0 Å². The van der Waals surface area contributed by atoms with Gasteiger partial charge in [0.2, 0.25) is 5.91 Å². The van der Waals surface area contributed by atoms with Crippen molar-refractivity contribution in [3.63, 3.8) is 0 Å². The van der Waals surface area contributed by atoms with E-state index >= 15 is 0 Å². The van der Waals surface area contributed by atoms with Crippen LogP contribution < -0.4 is 16.0 Å². The van der Waals surface area contributed by atoms with E-state index < -0.39 is 0 Å². The van der Waals surface area contributed by atoms with Crippen LogP contribution in [-0.2, 0) is 11.3 Å². The highest BCUT2D eigenvalue weighted by Gasteiger charge is 2.19. The SMILES string of the molecule is Cc1cccnc1NCCNC(=O)Cn1nccc1C1CCCNC1. The molecule has 1 aliphatic rings. The number of carbonyl (C=O) groups is 1. The second-order valence-electron chi connectivity index (χ2n) is 6.40. The van der Waals surface area contributed by atoms with Crippen molar-refractivity contribution < 1.29 is 4.79 Å². The first-order valence-electron chi connectivity index (χ1n) is 8.88. The number of hydrogen-bond donors (Lipinski definition) is 3. The Balaban J connectivity index is 1.44. The van der Waals surface area contributed by atoms with Crippen molar-refractivity contribution in [1.29, 1.82) is 0 Å². The number of rotatable bonds is 7. The molecule has 0 bridgehead atoms. The third kappa shape index (κ3) is 4.79. The van der Waals surface area contributed by atoms with Crippen LogP contribution >= 0.6 is 0 Å². The van der Waals surface area contributed by atoms with Gasteiger partial charge in [-0.25, -0.2) is 4.98 Å². The zero-order valence-corrected chi connectivity index (χ0v) is 14.7. The molecule has 2 aromatic rings. The fourth-order valence-electron chi connectivity index (χ4n) is 3.17. The lowest BCUT2D eigenvalue weighted by Gasteiger charge is -2.23. The molecule has 3 heterocycles. The molecule has 1 aliphatic heterocycles. The maximum atomic E-state index is 12.2. The maximum Gasteiger partial charge on any atom is 0.241 e. The monoisotopic (exact) mass is 342 g/mol. The number of piperidine rings is 1. The minimum Gasteiger partial charge on any atom is -0.368 e. The predicted octanol–water partition coefficient (Wildman–Crippen LogP) is 1.28. The summed E-state index contributed by atoms with van der Waals surface area (Å²) in [5, 5.41) is 13.9. The highest BCUT2D eigenvalue weighted by atomic mass is 16.2. The minimum absolute atomic E-state index is 0.0201. The molecule has 0 saturated carbocycles. The van der Waals surface area contributed by atoms with Crippen molar-refractivity contribution in [2.75, 3.05) is 31.5 Å². The van der Waals surface area contributed by atoms with E-state index in [0.717, 1.165) is 36.6 Å². The molecule has 3 rings (SSSR count). The number of carbonyl (C=O) groups excluding carboxylic acids is 1. The molecule has 134 valence electrons. The Morgan fingerprint density at radius 2 is 2.28 bits per heavy atom. The van der Waals surface area contributed by atoms with E-state index in [1.54, 1.807) is 12.4 Å². The Morgan fingerprint density at radius 3 is 3.08 bits per heavy atom. The van der Waals surface area contributed by atoms with Gasteiger partial charge >= 0.3 is 0 Å². The smallest absolute Gasteiger partial charge is 0.241 e. The zero-order chi connectivity index (χ0) is 17.5. The molecular formula is C18H26N6O. The largest absolute Gasteiger partial charge is 0.368 e. The first-order chi connectivity index (χ1) is 12.2. The molecular weight excluding hydrogens is 316 g/mol. The standard InChI is InChI=1S/C18H26N6O/c1-14-4-2-8-21-18(14)22-11-10-20-17(25)13-24-16(6-9-23-24)15-5-3-7-19-12-15/h2,4,6,8-9,15,19H,3,5,7,10-13H2,1H3,(H,20,25)(H,21,22). The second-order valence-corrected chi connectivity index (χ2v) is 6.40. The molecule has 1 saturated heterocycles. The third-order valence-corrected chi connectivity index (χ3v) is 4.51. The number of nitrogens with one attached hydrogen (secondary N) is 3. The summed E-state index contributed by atoms with van der Waals surface area (Å²) in [5.41, 5.74) is 2.24. The molecule has 3 N–H and O–H groups in total. The predicted molar refractivity (Wildman–Crippen MR) is 97.5 cm³/mol. The molecule has 7 heteroatoms. The number of pyridine rings is 1. The molecule has 1 fully saturated rings. The second kappa shape index (κ2) is 8.62. The van der Waals surface area contributed by atoms with E-state index in [1.165, 1.54) is 6.42 Å². The van der Waals surface area contributed by atoms with Crippen molar-refractivity contribution in [3.05, 3.63) is 41.9 Å². The van der Waals surface area contributed by atoms with E-state index in [-0.39, 0.29) is 12.5 Å². The number of anilines is 1. The Morgan fingerprint density at radius 1 is 1.36 bits per heavy atom. The lowest BCUT2D eigenvalue weighted by atomic mass is 9.96. The Labute approximate surface area is 148 Å². The van der Waals surface area contributed by atoms with E-state index in [1.807, 2.05) is 29.8 Å². The zero-order valence-electron chi connectivity index (χ0n) is 14.7. The van der Waals surface area contributed by atoms with Crippen LogP contribution in [-0.4, -0.2) is 46.9 Å². The summed E-state index contributed by atoms with van der Waals surface area (Å²) in [7, 11) is 0. The van der Waals surface area contributed by atoms with Gasteiger partial charge in [-0.15, -0.1) is 0 Å². The van der Waals surface area contributed by atoms with Gasteiger partial charge in [0.15, 0.2) is 0 Å². The Hall–Kier alpha value is -2.41. The summed E-state index contributed by atoms with van der Waals surface area (Å²) in [6.45, 7) is 5.50. The average Bonchev–Trinajstić information content (AvgIpc) is 3.09. The molecule has 0 radical (unpaired) electrons. The third-order valence-electron chi connectivity index (χ3n) is 4.51. The van der Waals surface area contributed by atoms with Crippen molar-refractivity contribution in [2.24, 2.45) is 0 Å². The average molecular weight is 342 g/mol. The van der Waals surface area contributed by atoms with Gasteiger partial charge in [-0.2, -0.15) is 5.10 Å². The summed E-state index contributed by atoms with van der Waals surface area (Å²) >= 11 is 0. The molecule has 0 aromatic carbocycles. The fraction of sp³-hybridized carbons (Fsp3) is 0.500. The van der Waals surface area contributed by atoms with Crippen LogP contribution in [0.3, 0.4) is 0 Å². The van der Waals surface area contributed by atoms with Gasteiger partial charge in [0.05, 0.1) is 0 Å². The summed E-state index contributed by atoms with van der Waals surface area (Å²) < 4.78 is 1.82. The Bertz CT molecular complexity index is 692. The number of hydrogen-bond acceptors (Lipinski definition) is 5. The van der Waals surface area contributed by atoms with Gasteiger partial charge in [-0.05, 0) is 44.0 Å². The molecule has 2 aromatic heterocycles. The van der Waals surface area contributed by atoms with Gasteiger partial charge < -0.3 is 16.0 Å². The van der Waals surface area contributed by atoms with Crippen LogP contribution in [0, 0.1) is 6.92 Å². The minimum atomic E-state index is -0.0201. The van der Waals surface area contributed by atoms with Crippen LogP contribution in [0.2, 0.25) is 0 Å². The number of amides is 1. The lowest BCUT2D eigenvalue weighted by molar-refractivity contribution is -0.121. The summed E-state index contributed by atoms with van der Waals surface area (Å²) in [6.07, 6.45) is 5.85. The Kier molecular flexibility index (Phi) is 6.00. The van der Waals surface area contributed by atoms with E-state index in [9.17, 15) is 4.79 Å². The lowest BCUT2D eigenvalue weighted by Crippen LogP contribution is -2.34. The number of aromatic nitrogens is 3. The summed E-state index contributed by atoms with van der Waals surface area (Å²) in [5.74, 6) is 1.28. The number of aryl methyl sites for hydroxylation is 1. The van der Waals surface area contributed by atoms with Gasteiger partial charge in [-0.1, -0.05) is 6.07 Å². The van der Waals surface area contributed by atoms with Gasteiger partial charge in [0.25, 0.3) is 0 Å². The van der Waals surface area contributed by atoms with Crippen LogP contribution in [0.4, 0.5) is 5.82 Å². The van der Waals surface area contributed by atoms with Crippen LogP contribution in [0.1, 0.15) is 30.0 Å². The molecule has 1 amide bonds. The van der Waals surface area contributed by atoms with Gasteiger partial charge in [-0.3, -0.25) is 9.48 Å². The van der Waals surface area contributed by atoms with E-state index in [0.29, 0.717) is 19.0 Å². The summed E-state index contributed by atoms with van der Waals surface area (Å²) in [6, 6.07) is 5.94. The van der Waals surface area contributed by atoms with Crippen LogP contribution in [0.15, 0.2) is 30.6 Å². The number of nitrogens with zero attached hydrogens (tertiary/aromatic N) is 3. The van der Waals surface area contributed by atoms with Gasteiger partial charge in [0.1, 0.15) is 12.4 Å². The molecule has 25 heavy (non-hydrogen) atoms. The maximum absolute atomic E-state index is 12.2. The van der Waals surface area contributed by atoms with Crippen LogP contribution in [0.25, 0.3) is 0 Å². The topological polar surface area (TPSA) is 83.9 Å². The van der Waals surface area contributed by atoms with Gasteiger partial charge in [0, 0.05) is 43.6 Å². The van der Waals surface area contributed by atoms with Crippen molar-refractivity contribution in [2.45, 2.75) is 32.2 Å². The summed E-state index contributed by atoms with van der Waals surface area (Å²) in [4.78, 5) is 16.5. The molecule has 0 aliphatic carbocycles. The van der Waals surface area contributed by atoms with Crippen molar-refractivity contribution in [3.8, 4) is 0 Å². The molecule has 7 nitrogen and oxygen atoms in total. The first-order valence-corrected chi connectivity index (χ1v) is 8.88. The normalized spacial score (nSPS) is 17.2. The van der Waals surface area contributed by atoms with E-state index in [4.69, 9.17) is 0 Å². The quantitative estimate of drug-likeness (QED) is 0.660. The molecule has 0 spiro atoms.